The molecule has 168 valence electrons. The van der Waals surface area contributed by atoms with Gasteiger partial charge in [0.25, 0.3) is 5.91 Å². The van der Waals surface area contributed by atoms with Crippen LogP contribution in [-0.4, -0.2) is 36.1 Å². The van der Waals surface area contributed by atoms with E-state index in [9.17, 15) is 24.3 Å². The molecule has 1 amide bonds. The molecule has 2 aromatic carbocycles. The van der Waals surface area contributed by atoms with Crippen LogP contribution in [0.15, 0.2) is 60.7 Å². The summed E-state index contributed by atoms with van der Waals surface area (Å²) in [5.74, 6) is -2.82. The molecule has 0 unspecified atom stereocenters. The van der Waals surface area contributed by atoms with Gasteiger partial charge in [0.2, 0.25) is 0 Å². The molecule has 1 aliphatic rings. The van der Waals surface area contributed by atoms with E-state index in [0.717, 1.165) is 0 Å². The van der Waals surface area contributed by atoms with Gasteiger partial charge < -0.3 is 24.4 Å². The van der Waals surface area contributed by atoms with Crippen molar-refractivity contribution in [2.24, 2.45) is 0 Å². The van der Waals surface area contributed by atoms with Crippen LogP contribution >= 0.6 is 0 Å². The van der Waals surface area contributed by atoms with Crippen molar-refractivity contribution < 1.29 is 38.2 Å². The van der Waals surface area contributed by atoms with Crippen molar-refractivity contribution in [1.82, 2.24) is 0 Å². The highest BCUT2D eigenvalue weighted by atomic mass is 16.8. The molecule has 0 saturated heterocycles. The Morgan fingerprint density at radius 3 is 2.45 bits per heavy atom. The van der Waals surface area contributed by atoms with Gasteiger partial charge in [-0.15, -0.1) is 0 Å². The fraction of sp³-hybridized carbons (Fsp3) is 0.130. The van der Waals surface area contributed by atoms with Gasteiger partial charge in [0.1, 0.15) is 22.6 Å². The second kappa shape index (κ2) is 9.43. The summed E-state index contributed by atoms with van der Waals surface area (Å²) in [6, 6.07) is 8.29. The van der Waals surface area contributed by atoms with Crippen LogP contribution in [0.4, 0.5) is 5.69 Å². The molecule has 9 nitrogen and oxygen atoms in total. The summed E-state index contributed by atoms with van der Waals surface area (Å²) in [6.45, 7) is 10.2. The predicted molar refractivity (Wildman–Crippen MR) is 119 cm³/mol. The molecule has 0 atom stereocenters. The number of Topliss-reactive ketones (excluding diaryl/α,β-unsaturated/α-hetero) is 1. The van der Waals surface area contributed by atoms with E-state index in [2.05, 4.69) is 18.5 Å². The molecule has 1 aliphatic heterocycles. The maximum atomic E-state index is 12.6. The number of hydrogen-bond donors (Lipinski definition) is 2. The Kier molecular flexibility index (Phi) is 6.67. The van der Waals surface area contributed by atoms with Gasteiger partial charge in [0.15, 0.2) is 5.78 Å². The van der Waals surface area contributed by atoms with E-state index in [0.29, 0.717) is 16.8 Å². The monoisotopic (exact) mass is 449 g/mol. The second-order valence-electron chi connectivity index (χ2n) is 7.39. The van der Waals surface area contributed by atoms with Crippen LogP contribution in [0.3, 0.4) is 0 Å². The number of anilines is 1. The smallest absolute Gasteiger partial charge is 0.507 e. The maximum absolute atomic E-state index is 12.6. The number of carbonyl (C=O) groups is 4. The highest BCUT2D eigenvalue weighted by Gasteiger charge is 2.41. The number of hydrogen-bond acceptors (Lipinski definition) is 8. The number of fused-ring (bicyclic) bond motifs is 1. The Hall–Kier alpha value is -4.34. The Bertz CT molecular complexity index is 1200. The van der Waals surface area contributed by atoms with Gasteiger partial charge in [0.05, 0.1) is 0 Å². The van der Waals surface area contributed by atoms with Crippen molar-refractivity contribution in [3.8, 4) is 11.5 Å². The number of allylic oxidation sites excluding steroid dienone is 1. The first-order valence-electron chi connectivity index (χ1n) is 9.75. The number of benzene rings is 2. The molecular formula is C23H20BNO8. The Labute approximate surface area is 189 Å². The van der Waals surface area contributed by atoms with Crippen molar-refractivity contribution in [2.75, 3.05) is 5.32 Å². The highest BCUT2D eigenvalue weighted by molar-refractivity contribution is 6.45. The average Bonchev–Trinajstić information content (AvgIpc) is 2.75. The molecule has 3 rings (SSSR count). The number of phenolic OH excluding ortho intramolecular Hbond substituents is 1. The first kappa shape index (κ1) is 23.3. The number of carbonyl (C=O) groups excluding carboxylic acids is 4. The van der Waals surface area contributed by atoms with Crippen LogP contribution in [0, 0.1) is 0 Å². The Balaban J connectivity index is 1.73. The van der Waals surface area contributed by atoms with E-state index in [1.165, 1.54) is 43.3 Å². The zero-order valence-electron chi connectivity index (χ0n) is 18.0. The van der Waals surface area contributed by atoms with Crippen molar-refractivity contribution >= 4 is 36.6 Å². The van der Waals surface area contributed by atoms with E-state index in [-0.39, 0.29) is 40.4 Å². The molecule has 10 heteroatoms. The summed E-state index contributed by atoms with van der Waals surface area (Å²) in [5, 5.41) is 12.6. The molecule has 0 aromatic heterocycles. The zero-order chi connectivity index (χ0) is 24.3. The van der Waals surface area contributed by atoms with E-state index in [1.807, 2.05) is 0 Å². The van der Waals surface area contributed by atoms with Gasteiger partial charge in [-0.05, 0) is 55.3 Å². The lowest BCUT2D eigenvalue weighted by Crippen LogP contribution is -2.39. The highest BCUT2D eigenvalue weighted by Crippen LogP contribution is 2.29. The van der Waals surface area contributed by atoms with E-state index >= 15 is 0 Å². The quantitative estimate of drug-likeness (QED) is 0.488. The van der Waals surface area contributed by atoms with Crippen LogP contribution in [0.2, 0.25) is 0 Å². The number of amides is 1. The molecule has 0 saturated carbocycles. The fourth-order valence-electron chi connectivity index (χ4n) is 2.78. The molecule has 0 radical (unpaired) electrons. The standard InChI is InChI=1S/C23H20BNO8/c1-12(2)19(27)10-14-5-7-18(26)16(9-14)22(29)32-24-31-20-8-6-15(25-21(28)13(3)4)11-17(20)23(30)33-24/h5-9,11,26H,1,3,10H2,2,4H3,(H,25,28). The van der Waals surface area contributed by atoms with Crippen LogP contribution in [-0.2, 0) is 25.3 Å². The van der Waals surface area contributed by atoms with Crippen LogP contribution < -0.4 is 9.97 Å². The molecule has 0 spiro atoms. The first-order chi connectivity index (χ1) is 15.5. The van der Waals surface area contributed by atoms with Crippen LogP contribution in [0.1, 0.15) is 40.1 Å². The van der Waals surface area contributed by atoms with E-state index < -0.39 is 25.2 Å². The molecule has 2 N–H and O–H groups in total. The summed E-state index contributed by atoms with van der Waals surface area (Å²) in [6.07, 6.45) is -0.0115. The topological polar surface area (TPSA) is 128 Å². The molecule has 0 bridgehead atoms. The lowest BCUT2D eigenvalue weighted by molar-refractivity contribution is -0.115. The van der Waals surface area contributed by atoms with Crippen molar-refractivity contribution in [3.63, 3.8) is 0 Å². The van der Waals surface area contributed by atoms with Crippen LogP contribution in [0.25, 0.3) is 0 Å². The van der Waals surface area contributed by atoms with Crippen LogP contribution in [0.5, 0.6) is 11.5 Å². The SMILES string of the molecule is C=C(C)C(=O)Cc1ccc(O)c(C(=O)OB2OC(=O)c3cc(NC(=O)C(=C)C)ccc3O2)c1. The average molecular weight is 449 g/mol. The van der Waals surface area contributed by atoms with Crippen molar-refractivity contribution in [3.05, 3.63) is 77.4 Å². The predicted octanol–water partition coefficient (Wildman–Crippen LogP) is 2.99. The zero-order valence-corrected chi connectivity index (χ0v) is 18.0. The lowest BCUT2D eigenvalue weighted by atomic mass is 10.0. The lowest BCUT2D eigenvalue weighted by Gasteiger charge is -2.22. The minimum Gasteiger partial charge on any atom is -0.507 e. The Morgan fingerprint density at radius 1 is 1.06 bits per heavy atom. The summed E-state index contributed by atoms with van der Waals surface area (Å²) in [5.41, 5.74) is 1.22. The fourth-order valence-corrected chi connectivity index (χ4v) is 2.78. The maximum Gasteiger partial charge on any atom is 0.868 e. The van der Waals surface area contributed by atoms with E-state index in [1.54, 1.807) is 6.92 Å². The van der Waals surface area contributed by atoms with Gasteiger partial charge in [-0.2, -0.15) is 0 Å². The normalized spacial score (nSPS) is 12.1. The third-order valence-corrected chi connectivity index (χ3v) is 4.60. The third-order valence-electron chi connectivity index (χ3n) is 4.60. The molecule has 0 aliphatic carbocycles. The molecular weight excluding hydrogens is 429 g/mol. The first-order valence-corrected chi connectivity index (χ1v) is 9.75. The number of nitrogens with one attached hydrogen (secondary N) is 1. The molecule has 0 fully saturated rings. The van der Waals surface area contributed by atoms with Gasteiger partial charge in [-0.3, -0.25) is 9.59 Å². The minimum atomic E-state index is -1.70. The van der Waals surface area contributed by atoms with Gasteiger partial charge in [-0.25, -0.2) is 9.59 Å². The minimum absolute atomic E-state index is 0.0115. The number of ketones is 1. The van der Waals surface area contributed by atoms with Gasteiger partial charge >= 0.3 is 19.3 Å². The van der Waals surface area contributed by atoms with Crippen molar-refractivity contribution in [2.45, 2.75) is 20.3 Å². The number of aromatic hydroxyl groups is 1. The van der Waals surface area contributed by atoms with Gasteiger partial charge in [0, 0.05) is 17.7 Å². The molecule has 33 heavy (non-hydrogen) atoms. The third kappa shape index (κ3) is 5.48. The Morgan fingerprint density at radius 2 is 1.79 bits per heavy atom. The van der Waals surface area contributed by atoms with E-state index in [4.69, 9.17) is 14.0 Å². The molecule has 1 heterocycles. The number of rotatable bonds is 7. The number of phenols is 1. The summed E-state index contributed by atoms with van der Waals surface area (Å²) in [7, 11) is -1.70. The summed E-state index contributed by atoms with van der Waals surface area (Å²) in [4.78, 5) is 48.6. The summed E-state index contributed by atoms with van der Waals surface area (Å²) < 4.78 is 15.5. The summed E-state index contributed by atoms with van der Waals surface area (Å²) >= 11 is 0. The van der Waals surface area contributed by atoms with Gasteiger partial charge in [-0.1, -0.05) is 19.2 Å². The second-order valence-corrected chi connectivity index (χ2v) is 7.39. The molecule has 2 aromatic rings. The largest absolute Gasteiger partial charge is 0.868 e. The van der Waals surface area contributed by atoms with Crippen molar-refractivity contribution in [1.29, 1.82) is 0 Å².